The van der Waals surface area contributed by atoms with Crippen LogP contribution in [0.2, 0.25) is 0 Å². The predicted octanol–water partition coefficient (Wildman–Crippen LogP) is 3.35. The molecule has 2 aromatic carbocycles. The number of fused-ring (bicyclic) bond motifs is 1. The first-order valence-corrected chi connectivity index (χ1v) is 12.3. The fourth-order valence-corrected chi connectivity index (χ4v) is 5.53. The van der Waals surface area contributed by atoms with Crippen LogP contribution in [0, 0.1) is 5.92 Å². The number of hydrogen-bond donors (Lipinski definition) is 3. The minimum absolute atomic E-state index is 0.000829. The number of imidazole rings is 1. The fourth-order valence-electron chi connectivity index (χ4n) is 4.20. The van der Waals surface area contributed by atoms with Crippen molar-refractivity contribution in [3.63, 3.8) is 0 Å². The van der Waals surface area contributed by atoms with E-state index < -0.39 is 10.0 Å². The largest absolute Gasteiger partial charge is 0.353 e. The second-order valence-corrected chi connectivity index (χ2v) is 10.3. The molecule has 0 unspecified atom stereocenters. The van der Waals surface area contributed by atoms with Crippen molar-refractivity contribution in [1.82, 2.24) is 20.0 Å². The number of nitrogens with one attached hydrogen (secondary N) is 3. The molecule has 3 aromatic rings. The Balaban J connectivity index is 1.26. The first kappa shape index (κ1) is 20.2. The SMILES string of the molecule is O=C(NC1CC1)C1CCC(NS(=O)(=O)c2ccc3nc(-c4ccccc4)[nH]c3c2)CC1. The van der Waals surface area contributed by atoms with Gasteiger partial charge in [0.2, 0.25) is 15.9 Å². The van der Waals surface area contributed by atoms with Crippen LogP contribution in [0.25, 0.3) is 22.4 Å². The lowest BCUT2D eigenvalue weighted by atomic mass is 9.86. The Bertz CT molecular complexity index is 1190. The number of hydrogen-bond acceptors (Lipinski definition) is 4. The first-order valence-electron chi connectivity index (χ1n) is 10.9. The average Bonchev–Trinajstić information content (AvgIpc) is 3.48. The maximum absolute atomic E-state index is 13.0. The Hall–Kier alpha value is -2.71. The molecule has 8 heteroatoms. The van der Waals surface area contributed by atoms with Gasteiger partial charge in [0.1, 0.15) is 5.82 Å². The van der Waals surface area contributed by atoms with Gasteiger partial charge in [-0.05, 0) is 56.7 Å². The molecule has 2 aliphatic carbocycles. The van der Waals surface area contributed by atoms with Crippen LogP contribution in [0.5, 0.6) is 0 Å². The van der Waals surface area contributed by atoms with Gasteiger partial charge >= 0.3 is 0 Å². The van der Waals surface area contributed by atoms with E-state index in [0.717, 1.165) is 23.9 Å². The van der Waals surface area contributed by atoms with Crippen LogP contribution in [-0.4, -0.2) is 36.4 Å². The number of carbonyl (C=O) groups excluding carboxylic acids is 1. The highest BCUT2D eigenvalue weighted by Crippen LogP contribution is 2.28. The highest BCUT2D eigenvalue weighted by molar-refractivity contribution is 7.89. The number of amides is 1. The summed E-state index contributed by atoms with van der Waals surface area (Å²) in [5.41, 5.74) is 2.35. The Morgan fingerprint density at radius 3 is 2.35 bits per heavy atom. The van der Waals surface area contributed by atoms with Crippen molar-refractivity contribution in [3.05, 3.63) is 48.5 Å². The molecule has 3 N–H and O–H groups in total. The topological polar surface area (TPSA) is 104 Å². The van der Waals surface area contributed by atoms with Gasteiger partial charge in [0, 0.05) is 23.6 Å². The molecule has 1 amide bonds. The minimum Gasteiger partial charge on any atom is -0.353 e. The summed E-state index contributed by atoms with van der Waals surface area (Å²) in [6, 6.07) is 14.9. The summed E-state index contributed by atoms with van der Waals surface area (Å²) >= 11 is 0. The quantitative estimate of drug-likeness (QED) is 0.549. The number of carbonyl (C=O) groups is 1. The monoisotopic (exact) mass is 438 g/mol. The zero-order valence-electron chi connectivity index (χ0n) is 17.2. The molecule has 2 fully saturated rings. The predicted molar refractivity (Wildman–Crippen MR) is 119 cm³/mol. The first-order chi connectivity index (χ1) is 15.0. The Morgan fingerprint density at radius 1 is 0.935 bits per heavy atom. The number of aromatic amines is 1. The maximum Gasteiger partial charge on any atom is 0.240 e. The van der Waals surface area contributed by atoms with Gasteiger partial charge in [-0.15, -0.1) is 0 Å². The summed E-state index contributed by atoms with van der Waals surface area (Å²) in [5.74, 6) is 0.836. The normalized spacial score (nSPS) is 21.8. The van der Waals surface area contributed by atoms with Crippen LogP contribution in [0.15, 0.2) is 53.4 Å². The van der Waals surface area contributed by atoms with Crippen LogP contribution in [0.3, 0.4) is 0 Å². The lowest BCUT2D eigenvalue weighted by Gasteiger charge is -2.28. The van der Waals surface area contributed by atoms with Gasteiger partial charge in [0.15, 0.2) is 0 Å². The zero-order chi connectivity index (χ0) is 21.4. The maximum atomic E-state index is 13.0. The molecular weight excluding hydrogens is 412 g/mol. The third-order valence-corrected chi connectivity index (χ3v) is 7.67. The van der Waals surface area contributed by atoms with E-state index in [0.29, 0.717) is 43.1 Å². The molecule has 1 heterocycles. The van der Waals surface area contributed by atoms with E-state index in [4.69, 9.17) is 0 Å². The standard InChI is InChI=1S/C23H26N4O3S/c28-23(24-17-10-11-17)16-6-8-18(9-7-16)27-31(29,30)19-12-13-20-21(14-19)26-22(25-20)15-4-2-1-3-5-15/h1-5,12-14,16-18,27H,6-11H2,(H,24,28)(H,25,26). The van der Waals surface area contributed by atoms with Gasteiger partial charge in [-0.3, -0.25) is 4.79 Å². The molecule has 1 aromatic heterocycles. The molecule has 0 saturated heterocycles. The van der Waals surface area contributed by atoms with E-state index in [-0.39, 0.29) is 22.8 Å². The second-order valence-electron chi connectivity index (χ2n) is 8.58. The van der Waals surface area contributed by atoms with Crippen LogP contribution in [0.4, 0.5) is 0 Å². The van der Waals surface area contributed by atoms with Crippen molar-refractivity contribution < 1.29 is 13.2 Å². The molecule has 2 aliphatic rings. The highest BCUT2D eigenvalue weighted by Gasteiger charge is 2.32. The van der Waals surface area contributed by atoms with Crippen molar-refractivity contribution in [2.24, 2.45) is 5.92 Å². The van der Waals surface area contributed by atoms with Crippen LogP contribution >= 0.6 is 0 Å². The van der Waals surface area contributed by atoms with Gasteiger partial charge in [-0.25, -0.2) is 18.1 Å². The van der Waals surface area contributed by atoms with E-state index in [9.17, 15) is 13.2 Å². The number of rotatable bonds is 6. The summed E-state index contributed by atoms with van der Waals surface area (Å²) in [4.78, 5) is 20.2. The van der Waals surface area contributed by atoms with Gasteiger partial charge in [-0.1, -0.05) is 30.3 Å². The molecular formula is C23H26N4O3S. The van der Waals surface area contributed by atoms with Crippen molar-refractivity contribution in [3.8, 4) is 11.4 Å². The second kappa shape index (κ2) is 8.09. The van der Waals surface area contributed by atoms with Crippen LogP contribution < -0.4 is 10.0 Å². The fraction of sp³-hybridized carbons (Fsp3) is 0.391. The van der Waals surface area contributed by atoms with E-state index >= 15 is 0 Å². The Kier molecular flexibility index (Phi) is 5.27. The van der Waals surface area contributed by atoms with Gasteiger partial charge in [0.25, 0.3) is 0 Å². The summed E-state index contributed by atoms with van der Waals surface area (Å²) in [5, 5.41) is 3.06. The molecule has 162 valence electrons. The van der Waals surface area contributed by atoms with Crippen LogP contribution in [-0.2, 0) is 14.8 Å². The molecule has 0 spiro atoms. The van der Waals surface area contributed by atoms with Gasteiger partial charge < -0.3 is 10.3 Å². The summed E-state index contributed by atoms with van der Waals surface area (Å²) in [7, 11) is -3.65. The van der Waals surface area contributed by atoms with Crippen molar-refractivity contribution >= 4 is 27.0 Å². The summed E-state index contributed by atoms with van der Waals surface area (Å²) in [6.45, 7) is 0. The van der Waals surface area contributed by atoms with E-state index in [1.165, 1.54) is 0 Å². The third-order valence-electron chi connectivity index (χ3n) is 6.15. The third kappa shape index (κ3) is 4.50. The van der Waals surface area contributed by atoms with Crippen molar-refractivity contribution in [2.45, 2.75) is 55.5 Å². The molecule has 0 radical (unpaired) electrons. The molecule has 0 atom stereocenters. The minimum atomic E-state index is -3.65. The molecule has 0 bridgehead atoms. The number of nitrogens with zero attached hydrogens (tertiary/aromatic N) is 1. The number of aromatic nitrogens is 2. The summed E-state index contributed by atoms with van der Waals surface area (Å²) < 4.78 is 28.8. The molecule has 0 aliphatic heterocycles. The van der Waals surface area contributed by atoms with Crippen molar-refractivity contribution in [2.75, 3.05) is 0 Å². The van der Waals surface area contributed by atoms with Gasteiger partial charge in [0.05, 0.1) is 15.9 Å². The number of sulfonamides is 1. The van der Waals surface area contributed by atoms with Gasteiger partial charge in [-0.2, -0.15) is 0 Å². The van der Waals surface area contributed by atoms with E-state index in [1.54, 1.807) is 18.2 Å². The number of H-pyrrole nitrogens is 1. The zero-order valence-corrected chi connectivity index (χ0v) is 18.0. The smallest absolute Gasteiger partial charge is 0.240 e. The Labute approximate surface area is 181 Å². The van der Waals surface area contributed by atoms with E-state index in [2.05, 4.69) is 20.0 Å². The van der Waals surface area contributed by atoms with E-state index in [1.807, 2.05) is 30.3 Å². The van der Waals surface area contributed by atoms with Crippen LogP contribution in [0.1, 0.15) is 38.5 Å². The highest BCUT2D eigenvalue weighted by atomic mass is 32.2. The number of benzene rings is 2. The van der Waals surface area contributed by atoms with Crippen molar-refractivity contribution in [1.29, 1.82) is 0 Å². The molecule has 31 heavy (non-hydrogen) atoms. The lowest BCUT2D eigenvalue weighted by molar-refractivity contribution is -0.126. The molecule has 5 rings (SSSR count). The molecule has 2 saturated carbocycles. The lowest BCUT2D eigenvalue weighted by Crippen LogP contribution is -2.41. The Morgan fingerprint density at radius 2 is 1.65 bits per heavy atom. The average molecular weight is 439 g/mol. The summed E-state index contributed by atoms with van der Waals surface area (Å²) in [6.07, 6.45) is 4.93. The molecule has 7 nitrogen and oxygen atoms in total.